The zero-order valence-electron chi connectivity index (χ0n) is 66.3. The highest BCUT2D eigenvalue weighted by molar-refractivity contribution is 5.69. The van der Waals surface area contributed by atoms with Crippen molar-refractivity contribution in [1.29, 1.82) is 0 Å². The molecule has 0 spiro atoms. The summed E-state index contributed by atoms with van der Waals surface area (Å²) in [5, 5.41) is 23.2. The van der Waals surface area contributed by atoms with Crippen molar-refractivity contribution >= 4 is 5.97 Å². The van der Waals surface area contributed by atoms with Crippen LogP contribution in [0, 0.1) is 180 Å². The third kappa shape index (κ3) is 14.5. The molecule has 0 aliphatic heterocycles. The van der Waals surface area contributed by atoms with Gasteiger partial charge in [0.15, 0.2) is 0 Å². The molecular formula is C92H158O4. The van der Waals surface area contributed by atoms with Gasteiger partial charge in [-0.3, -0.25) is 4.79 Å². The Hall–Kier alpha value is -1.65. The topological polar surface area (TPSA) is 66.8 Å². The second kappa shape index (κ2) is 31.0. The van der Waals surface area contributed by atoms with E-state index in [1.165, 1.54) is 142 Å². The number of aliphatic hydroxyl groups is 2. The third-order valence-electron chi connectivity index (χ3n) is 34.9. The molecule has 0 aromatic carbocycles. The van der Waals surface area contributed by atoms with Gasteiger partial charge in [-0.2, -0.15) is 0 Å². The molecule has 0 bridgehead atoms. The van der Waals surface area contributed by atoms with Crippen LogP contribution in [-0.4, -0.2) is 35.5 Å². The van der Waals surface area contributed by atoms with Gasteiger partial charge in [0.05, 0.1) is 19.3 Å². The van der Waals surface area contributed by atoms with Crippen molar-refractivity contribution in [3.63, 3.8) is 0 Å². The summed E-state index contributed by atoms with van der Waals surface area (Å²) < 4.78 is 4.86. The number of methoxy groups -OCH3 is 1. The number of fused-ring (bicyclic) bond motifs is 15. The van der Waals surface area contributed by atoms with E-state index in [9.17, 15) is 15.0 Å². The first-order valence-electron chi connectivity index (χ1n) is 41.9. The molecule has 96 heavy (non-hydrogen) atoms. The first-order chi connectivity index (χ1) is 44.7. The summed E-state index contributed by atoms with van der Waals surface area (Å²) in [5.74, 6) is 18.7. The molecule has 28 unspecified atom stereocenters. The van der Waals surface area contributed by atoms with Gasteiger partial charge in [0.25, 0.3) is 0 Å². The van der Waals surface area contributed by atoms with Crippen LogP contribution < -0.4 is 0 Å². The van der Waals surface area contributed by atoms with Crippen molar-refractivity contribution in [3.05, 3.63) is 47.1 Å². The fourth-order valence-electron chi connectivity index (χ4n) is 27.6. The summed E-state index contributed by atoms with van der Waals surface area (Å²) in [6, 6.07) is 0. The quantitative estimate of drug-likeness (QED) is 0.113. The highest BCUT2D eigenvalue weighted by Gasteiger charge is 2.67. The predicted octanol–water partition coefficient (Wildman–Crippen LogP) is 25.3. The summed E-state index contributed by atoms with van der Waals surface area (Å²) in [4.78, 5) is 11.7. The Bertz CT molecular complexity index is 2690. The molecule has 12 aliphatic carbocycles. The van der Waals surface area contributed by atoms with E-state index in [1.807, 2.05) is 11.1 Å². The van der Waals surface area contributed by atoms with Gasteiger partial charge in [-0.25, -0.2) is 0 Å². The largest absolute Gasteiger partial charge is 0.469 e. The van der Waals surface area contributed by atoms with E-state index in [1.54, 1.807) is 5.57 Å². The third-order valence-corrected chi connectivity index (χ3v) is 34.9. The van der Waals surface area contributed by atoms with Gasteiger partial charge in [0, 0.05) is 6.42 Å². The zero-order chi connectivity index (χ0) is 69.2. The van der Waals surface area contributed by atoms with Crippen molar-refractivity contribution in [2.24, 2.45) is 180 Å². The van der Waals surface area contributed by atoms with Crippen molar-refractivity contribution < 1.29 is 19.7 Å². The van der Waals surface area contributed by atoms with Crippen LogP contribution >= 0.6 is 0 Å². The number of aliphatic hydroxyl groups excluding tert-OH is 2. The van der Waals surface area contributed by atoms with Crippen LogP contribution in [0.1, 0.15) is 326 Å². The number of rotatable bonds is 17. The molecule has 2 N–H and O–H groups in total. The normalized spacial score (nSPS) is 44.5. The van der Waals surface area contributed by atoms with E-state index in [2.05, 4.69) is 176 Å². The van der Waals surface area contributed by atoms with Crippen LogP contribution in [0.5, 0.6) is 0 Å². The summed E-state index contributed by atoms with van der Waals surface area (Å²) in [5.41, 5.74) is 7.75. The lowest BCUT2D eigenvalue weighted by molar-refractivity contribution is -0.205. The van der Waals surface area contributed by atoms with Crippen LogP contribution in [-0.2, 0) is 9.53 Å². The number of carbonyl (C=O) groups is 1. The lowest BCUT2D eigenvalue weighted by atomic mass is 9.42. The maximum atomic E-state index is 11.7. The molecule has 0 heterocycles. The van der Waals surface area contributed by atoms with Gasteiger partial charge >= 0.3 is 5.97 Å². The van der Waals surface area contributed by atoms with Crippen LogP contribution in [0.4, 0.5) is 0 Å². The smallest absolute Gasteiger partial charge is 0.305 e. The average Bonchev–Trinajstić information content (AvgIpc) is 1.36. The molecule has 0 aromatic rings. The molecule has 12 rings (SSSR count). The number of carbonyl (C=O) groups excluding carboxylic acids is 1. The maximum Gasteiger partial charge on any atom is 0.305 e. The fraction of sp³-hybridized carbons (Fsp3) is 0.902. The summed E-state index contributed by atoms with van der Waals surface area (Å²) in [6.07, 6.45) is 47.7. The van der Waals surface area contributed by atoms with Gasteiger partial charge in [-0.15, -0.1) is 0 Å². The summed E-state index contributed by atoms with van der Waals surface area (Å²) in [6.45, 7) is 51.8. The first kappa shape index (κ1) is 78.5. The van der Waals surface area contributed by atoms with Gasteiger partial charge in [0.1, 0.15) is 0 Å². The van der Waals surface area contributed by atoms with Gasteiger partial charge < -0.3 is 14.9 Å². The highest BCUT2D eigenvalue weighted by atomic mass is 16.5. The average molecular weight is 1330 g/mol. The van der Waals surface area contributed by atoms with E-state index >= 15 is 0 Å². The molecule has 0 amide bonds. The lowest BCUT2D eigenvalue weighted by Crippen LogP contribution is -2.62. The predicted molar refractivity (Wildman–Crippen MR) is 410 cm³/mol. The molecule has 10 saturated carbocycles. The SMILES string of the molecule is C.CC(C)C(C)/C=C/C(C)C1CCC2C3=CC=C4CC(C(C)C)CCC4(C)C3CCC21C.CCC(CCC(C)C1CCC2C3CC=C4CC(C(C)C)CCC4(C)C3CCC12C)C(C)C.COC(=O)CCC(C)C1CCC2C3C(O)CC4CC(C(C)C)CCC4(C)C3CC(O)C12C. The van der Waals surface area contributed by atoms with Crippen molar-refractivity contribution in [2.75, 3.05) is 7.11 Å². The minimum atomic E-state index is -0.313. The molecule has 0 aromatic heterocycles. The minimum Gasteiger partial charge on any atom is -0.469 e. The Morgan fingerprint density at radius 1 is 0.552 bits per heavy atom. The molecule has 28 atom stereocenters. The molecule has 4 nitrogen and oxygen atoms in total. The van der Waals surface area contributed by atoms with Gasteiger partial charge in [-0.05, 0) is 335 Å². The van der Waals surface area contributed by atoms with Crippen LogP contribution in [0.25, 0.3) is 0 Å². The highest BCUT2D eigenvalue weighted by Crippen LogP contribution is 2.72. The maximum absolute atomic E-state index is 11.7. The molecular weight excluding hydrogens is 1170 g/mol. The molecule has 12 aliphatic rings. The van der Waals surface area contributed by atoms with E-state index in [4.69, 9.17) is 4.74 Å². The number of hydrogen-bond acceptors (Lipinski definition) is 4. The van der Waals surface area contributed by atoms with E-state index < -0.39 is 0 Å². The molecule has 4 heteroatoms. The molecule has 10 fully saturated rings. The lowest BCUT2D eigenvalue weighted by Gasteiger charge is -2.64. The van der Waals surface area contributed by atoms with E-state index in [0.29, 0.717) is 75.4 Å². The fourth-order valence-corrected chi connectivity index (χ4v) is 27.6. The Morgan fingerprint density at radius 3 is 1.78 bits per heavy atom. The molecule has 0 saturated heterocycles. The number of esters is 1. The second-order valence-corrected chi connectivity index (χ2v) is 40.4. The van der Waals surface area contributed by atoms with Gasteiger partial charge in [-0.1, -0.05) is 213 Å². The van der Waals surface area contributed by atoms with Crippen LogP contribution in [0.15, 0.2) is 47.1 Å². The molecule has 0 radical (unpaired) electrons. The number of allylic oxidation sites excluding steroid dienone is 8. The second-order valence-electron chi connectivity index (χ2n) is 40.4. The Labute approximate surface area is 595 Å². The van der Waals surface area contributed by atoms with E-state index in [-0.39, 0.29) is 36.4 Å². The minimum absolute atomic E-state index is 0. The summed E-state index contributed by atoms with van der Waals surface area (Å²) in [7, 11) is 1.46. The van der Waals surface area contributed by atoms with Crippen molar-refractivity contribution in [1.82, 2.24) is 0 Å². The zero-order valence-corrected chi connectivity index (χ0v) is 66.3. The van der Waals surface area contributed by atoms with E-state index in [0.717, 1.165) is 133 Å². The first-order valence-corrected chi connectivity index (χ1v) is 41.9. The Morgan fingerprint density at radius 2 is 1.15 bits per heavy atom. The monoisotopic (exact) mass is 1330 g/mol. The van der Waals surface area contributed by atoms with Crippen LogP contribution in [0.3, 0.4) is 0 Å². The van der Waals surface area contributed by atoms with Crippen molar-refractivity contribution in [2.45, 2.75) is 338 Å². The number of ether oxygens (including phenoxy) is 1. The summed E-state index contributed by atoms with van der Waals surface area (Å²) >= 11 is 0. The molecule has 550 valence electrons. The standard InChI is InChI=1S/C32H56.C31H50.C28H48O4.CH4/c1-9-24(21(2)3)11-10-23(6)28-14-15-29-27-13-12-26-20-25(22(4)5)16-18-31(26,7)30(27)17-19-32(28,29)8;1-20(2)22(5)9-10-23(6)27-13-14-28-26-12-11-25-19-24(21(3)4)15-17-30(25,7)29(26)16-18-31(27,28)8;1-16(2)18-11-12-27(4)19(13-18)14-23(29)26-21-9-8-20(17(3)7-10-25(31)32-6)28(21,5)24(30)15-22(26)27;/h12,21-25,27-30H,9-11,13-20H2,1-8H3;9-12,20-24,27-29H,13-19H2,1-8H3;16-24,26,29-30H,7-15H2,1-6H3;1H4/b;10-9+;;. The number of hydrogen-bond donors (Lipinski definition) is 2. The Kier molecular flexibility index (Phi) is 25.3. The van der Waals surface area contributed by atoms with Crippen molar-refractivity contribution in [3.8, 4) is 0 Å². The Balaban J connectivity index is 0.000000168. The van der Waals surface area contributed by atoms with Crippen LogP contribution in [0.2, 0.25) is 0 Å². The van der Waals surface area contributed by atoms with Gasteiger partial charge in [0.2, 0.25) is 0 Å².